The van der Waals surface area contributed by atoms with Crippen LogP contribution >= 0.6 is 34.3 Å². The highest BCUT2D eigenvalue weighted by Crippen LogP contribution is 2.38. The van der Waals surface area contributed by atoms with Crippen molar-refractivity contribution >= 4 is 67.2 Å². The van der Waals surface area contributed by atoms with Gasteiger partial charge in [-0.15, -0.1) is 22.7 Å². The monoisotopic (exact) mass is 545 g/mol. The Morgan fingerprint density at radius 2 is 1.88 bits per heavy atom. The number of nitrogens with zero attached hydrogens (tertiary/aromatic N) is 1. The van der Waals surface area contributed by atoms with Crippen molar-refractivity contribution in [3.8, 4) is 0 Å². The maximum atomic E-state index is 13.3. The average molecular weight is 546 g/mol. The SMILES string of the molecule is COC(=O)NC(=O)c1c(NC(=O)C2CCCN2S(=O)(=O)c2ccc(Cl)s2)sc2c1CCCCC2. The molecule has 1 atom stereocenters. The fraction of sp³-hybridized carbons (Fsp3) is 0.476. The van der Waals surface area contributed by atoms with Gasteiger partial charge >= 0.3 is 6.09 Å². The lowest BCUT2D eigenvalue weighted by molar-refractivity contribution is -0.119. The Labute approximate surface area is 210 Å². The van der Waals surface area contributed by atoms with Crippen LogP contribution in [0.5, 0.6) is 0 Å². The van der Waals surface area contributed by atoms with E-state index in [0.717, 1.165) is 54.6 Å². The molecule has 1 unspecified atom stereocenters. The molecule has 1 fully saturated rings. The predicted molar refractivity (Wildman–Crippen MR) is 130 cm³/mol. The molecular weight excluding hydrogens is 522 g/mol. The molecule has 3 amide bonds. The molecule has 0 spiro atoms. The molecule has 0 aromatic carbocycles. The van der Waals surface area contributed by atoms with Gasteiger partial charge in [0.25, 0.3) is 15.9 Å². The van der Waals surface area contributed by atoms with Crippen LogP contribution in [0.4, 0.5) is 9.80 Å². The van der Waals surface area contributed by atoms with E-state index in [1.165, 1.54) is 27.8 Å². The average Bonchev–Trinajstić information content (AvgIpc) is 3.50. The lowest BCUT2D eigenvalue weighted by Crippen LogP contribution is -2.43. The van der Waals surface area contributed by atoms with Gasteiger partial charge in [0.05, 0.1) is 17.0 Å². The largest absolute Gasteiger partial charge is 0.453 e. The van der Waals surface area contributed by atoms with Crippen molar-refractivity contribution in [2.75, 3.05) is 19.0 Å². The second-order valence-electron chi connectivity index (χ2n) is 8.04. The lowest BCUT2D eigenvalue weighted by atomic mass is 10.0. The lowest BCUT2D eigenvalue weighted by Gasteiger charge is -2.22. The van der Waals surface area contributed by atoms with Crippen LogP contribution < -0.4 is 10.6 Å². The molecule has 34 heavy (non-hydrogen) atoms. The van der Waals surface area contributed by atoms with E-state index in [4.69, 9.17) is 11.6 Å². The molecule has 1 aliphatic heterocycles. The Hall–Kier alpha value is -1.99. The molecule has 2 aliphatic rings. The fourth-order valence-corrected chi connectivity index (χ4v) is 8.87. The first-order valence-electron chi connectivity index (χ1n) is 10.8. The van der Waals surface area contributed by atoms with Crippen LogP contribution in [0.3, 0.4) is 0 Å². The minimum atomic E-state index is -3.89. The van der Waals surface area contributed by atoms with E-state index in [9.17, 15) is 22.8 Å². The summed E-state index contributed by atoms with van der Waals surface area (Å²) < 4.78 is 32.4. The van der Waals surface area contributed by atoms with E-state index in [-0.39, 0.29) is 16.3 Å². The molecule has 184 valence electrons. The van der Waals surface area contributed by atoms with Crippen molar-refractivity contribution < 1.29 is 27.5 Å². The number of imide groups is 1. The summed E-state index contributed by atoms with van der Waals surface area (Å²) in [5.41, 5.74) is 1.07. The number of hydrogen-bond acceptors (Lipinski definition) is 8. The van der Waals surface area contributed by atoms with E-state index in [2.05, 4.69) is 15.4 Å². The number of amides is 3. The Morgan fingerprint density at radius 1 is 1.12 bits per heavy atom. The zero-order valence-corrected chi connectivity index (χ0v) is 21.6. The number of fused-ring (bicyclic) bond motifs is 1. The Balaban J connectivity index is 1.62. The highest BCUT2D eigenvalue weighted by atomic mass is 35.5. The molecule has 4 rings (SSSR count). The third kappa shape index (κ3) is 5.01. The van der Waals surface area contributed by atoms with Gasteiger partial charge in [0.2, 0.25) is 5.91 Å². The molecule has 9 nitrogen and oxygen atoms in total. The smallest absolute Gasteiger partial charge is 0.413 e. The third-order valence-electron chi connectivity index (χ3n) is 5.90. The first-order chi connectivity index (χ1) is 16.2. The van der Waals surface area contributed by atoms with E-state index in [1.807, 2.05) is 0 Å². The molecule has 0 radical (unpaired) electrons. The van der Waals surface area contributed by atoms with E-state index >= 15 is 0 Å². The second kappa shape index (κ2) is 10.3. The number of aryl methyl sites for hydroxylation is 1. The zero-order chi connectivity index (χ0) is 24.5. The Bertz CT molecular complexity index is 1220. The van der Waals surface area contributed by atoms with Crippen molar-refractivity contribution in [2.45, 2.75) is 55.2 Å². The standard InChI is InChI=1S/C21H24ClN3O6S3/c1-31-21(28)24-19(27)17-12-6-3-2-4-8-14(12)32-20(17)23-18(26)13-7-5-11-25(13)34(29,30)16-10-9-15(22)33-16/h9-10,13H,2-8,11H2,1H3,(H,23,26)(H,24,27,28). The minimum Gasteiger partial charge on any atom is -0.453 e. The number of hydrogen-bond donors (Lipinski definition) is 2. The third-order valence-corrected chi connectivity index (χ3v) is 10.7. The number of rotatable bonds is 5. The summed E-state index contributed by atoms with van der Waals surface area (Å²) in [7, 11) is -2.73. The second-order valence-corrected chi connectivity index (χ2v) is 13.0. The van der Waals surface area contributed by atoms with Gasteiger partial charge in [-0.1, -0.05) is 18.0 Å². The number of halogens is 1. The fourth-order valence-electron chi connectivity index (χ4n) is 4.31. The van der Waals surface area contributed by atoms with Gasteiger partial charge in [0.1, 0.15) is 15.3 Å². The molecule has 3 heterocycles. The van der Waals surface area contributed by atoms with Gasteiger partial charge in [0, 0.05) is 11.4 Å². The van der Waals surface area contributed by atoms with Gasteiger partial charge in [-0.2, -0.15) is 4.31 Å². The summed E-state index contributed by atoms with van der Waals surface area (Å²) in [6.07, 6.45) is 4.34. The summed E-state index contributed by atoms with van der Waals surface area (Å²) in [6, 6.07) is 2.03. The van der Waals surface area contributed by atoms with Crippen LogP contribution in [0, 0.1) is 0 Å². The molecule has 0 bridgehead atoms. The number of nitrogens with one attached hydrogen (secondary N) is 2. The predicted octanol–water partition coefficient (Wildman–Crippen LogP) is 4.02. The summed E-state index contributed by atoms with van der Waals surface area (Å²) in [5, 5.41) is 5.30. The number of ether oxygens (including phenoxy) is 1. The van der Waals surface area contributed by atoms with Crippen molar-refractivity contribution in [3.05, 3.63) is 32.5 Å². The van der Waals surface area contributed by atoms with Gasteiger partial charge in [-0.3, -0.25) is 14.9 Å². The van der Waals surface area contributed by atoms with Gasteiger partial charge < -0.3 is 10.1 Å². The first-order valence-corrected chi connectivity index (χ1v) is 14.3. The Morgan fingerprint density at radius 3 is 2.59 bits per heavy atom. The van der Waals surface area contributed by atoms with E-state index in [1.54, 1.807) is 0 Å². The van der Waals surface area contributed by atoms with Crippen LogP contribution in [-0.2, 0) is 32.4 Å². The molecule has 1 saturated heterocycles. The normalized spacial score (nSPS) is 18.7. The summed E-state index contributed by atoms with van der Waals surface area (Å²) >= 11 is 8.17. The van der Waals surface area contributed by atoms with Crippen molar-refractivity contribution in [3.63, 3.8) is 0 Å². The molecule has 13 heteroatoms. The number of sulfonamides is 1. The summed E-state index contributed by atoms with van der Waals surface area (Å²) in [5.74, 6) is -1.15. The van der Waals surface area contributed by atoms with Crippen LogP contribution in [0.25, 0.3) is 0 Å². The van der Waals surface area contributed by atoms with Crippen molar-refractivity contribution in [1.82, 2.24) is 9.62 Å². The van der Waals surface area contributed by atoms with Crippen molar-refractivity contribution in [2.24, 2.45) is 0 Å². The van der Waals surface area contributed by atoms with Gasteiger partial charge in [-0.05, 0) is 56.2 Å². The van der Waals surface area contributed by atoms with E-state index < -0.39 is 34.0 Å². The summed E-state index contributed by atoms with van der Waals surface area (Å²) in [4.78, 5) is 38.9. The van der Waals surface area contributed by atoms with Crippen LogP contribution in [0.15, 0.2) is 16.3 Å². The number of methoxy groups -OCH3 is 1. The number of anilines is 1. The van der Waals surface area contributed by atoms with Gasteiger partial charge in [0.15, 0.2) is 0 Å². The van der Waals surface area contributed by atoms with Crippen LogP contribution in [0.1, 0.15) is 52.9 Å². The number of alkyl carbamates (subject to hydrolysis) is 1. The Kier molecular flexibility index (Phi) is 7.63. The van der Waals surface area contributed by atoms with E-state index in [0.29, 0.717) is 28.6 Å². The maximum Gasteiger partial charge on any atom is 0.413 e. The van der Waals surface area contributed by atoms with Crippen LogP contribution in [0.2, 0.25) is 4.34 Å². The molecule has 1 aliphatic carbocycles. The van der Waals surface area contributed by atoms with Crippen molar-refractivity contribution in [1.29, 1.82) is 0 Å². The maximum absolute atomic E-state index is 13.3. The molecule has 2 aromatic rings. The highest BCUT2D eigenvalue weighted by Gasteiger charge is 2.41. The number of carbonyl (C=O) groups excluding carboxylic acids is 3. The summed E-state index contributed by atoms with van der Waals surface area (Å²) in [6.45, 7) is 0.215. The topological polar surface area (TPSA) is 122 Å². The first kappa shape index (κ1) is 25.1. The molecular formula is C21H24ClN3O6S3. The van der Waals surface area contributed by atoms with Gasteiger partial charge in [-0.25, -0.2) is 13.2 Å². The quantitative estimate of drug-likeness (QED) is 0.547. The van der Waals surface area contributed by atoms with Crippen LogP contribution in [-0.4, -0.2) is 50.3 Å². The molecule has 2 aromatic heterocycles. The highest BCUT2D eigenvalue weighted by molar-refractivity contribution is 7.91. The number of thiophene rings is 2. The minimum absolute atomic E-state index is 0.0817. The zero-order valence-electron chi connectivity index (χ0n) is 18.4. The molecule has 2 N–H and O–H groups in total. The molecule has 0 saturated carbocycles. The number of carbonyl (C=O) groups is 3.